The van der Waals surface area contributed by atoms with E-state index in [1.54, 1.807) is 33.3 Å². The Bertz CT molecular complexity index is 872. The first-order valence-corrected chi connectivity index (χ1v) is 8.13. The average molecular weight is 359 g/mol. The highest BCUT2D eigenvalue weighted by Crippen LogP contribution is 2.46. The molecule has 8 heteroatoms. The van der Waals surface area contributed by atoms with Gasteiger partial charge in [0.2, 0.25) is 11.8 Å². The summed E-state index contributed by atoms with van der Waals surface area (Å²) < 4.78 is 21.5. The Kier molecular flexibility index (Phi) is 4.75. The summed E-state index contributed by atoms with van der Waals surface area (Å²) in [7, 11) is 3.13. The molecule has 0 aliphatic carbocycles. The van der Waals surface area contributed by atoms with Crippen molar-refractivity contribution in [1.82, 2.24) is 10.2 Å². The molecule has 2 aromatic rings. The number of nitrogens with two attached hydrogens (primary N) is 1. The minimum Gasteiger partial charge on any atom is -0.497 e. The minimum absolute atomic E-state index is 0.0367. The van der Waals surface area contributed by atoms with Gasteiger partial charge in [0.25, 0.3) is 0 Å². The van der Waals surface area contributed by atoms with Gasteiger partial charge in [0.1, 0.15) is 17.1 Å². The van der Waals surface area contributed by atoms with E-state index in [9.17, 15) is 4.79 Å². The third kappa shape index (κ3) is 2.83. The molecule has 0 bridgehead atoms. The first-order valence-electron chi connectivity index (χ1n) is 8.13. The first-order chi connectivity index (χ1) is 12.5. The average Bonchev–Trinajstić information content (AvgIpc) is 3.00. The van der Waals surface area contributed by atoms with E-state index in [1.807, 2.05) is 13.0 Å². The molecule has 2 heterocycles. The molecule has 0 saturated carbocycles. The molecule has 1 unspecified atom stereocenters. The molecule has 1 atom stereocenters. The molecule has 1 aliphatic heterocycles. The van der Waals surface area contributed by atoms with Crippen LogP contribution in [0, 0.1) is 6.92 Å². The van der Waals surface area contributed by atoms with Crippen molar-refractivity contribution in [1.29, 1.82) is 0 Å². The highest BCUT2D eigenvalue weighted by molar-refractivity contribution is 5.93. The van der Waals surface area contributed by atoms with Crippen LogP contribution >= 0.6 is 0 Å². The van der Waals surface area contributed by atoms with Gasteiger partial charge < -0.3 is 24.7 Å². The highest BCUT2D eigenvalue weighted by atomic mass is 16.5. The van der Waals surface area contributed by atoms with Crippen molar-refractivity contribution < 1.29 is 23.7 Å². The Morgan fingerprint density at radius 2 is 2.12 bits per heavy atom. The number of hydrogen-bond donors (Lipinski definition) is 2. The molecular formula is C18H21N3O5. The van der Waals surface area contributed by atoms with Crippen molar-refractivity contribution >= 4 is 5.97 Å². The lowest BCUT2D eigenvalue weighted by atomic mass is 9.83. The van der Waals surface area contributed by atoms with Gasteiger partial charge in [-0.2, -0.15) is 0 Å². The van der Waals surface area contributed by atoms with Crippen molar-refractivity contribution in [2.24, 2.45) is 5.73 Å². The number of rotatable bonds is 5. The topological polar surface area (TPSA) is 109 Å². The number of hydrogen-bond acceptors (Lipinski definition) is 7. The smallest absolute Gasteiger partial charge is 0.340 e. The molecule has 1 aromatic heterocycles. The van der Waals surface area contributed by atoms with Crippen LogP contribution in [0.5, 0.6) is 17.4 Å². The van der Waals surface area contributed by atoms with Crippen LogP contribution in [0.15, 0.2) is 29.7 Å². The highest BCUT2D eigenvalue weighted by Gasteiger charge is 2.39. The molecule has 3 rings (SSSR count). The van der Waals surface area contributed by atoms with Crippen LogP contribution < -0.4 is 19.9 Å². The molecule has 3 N–H and O–H groups in total. The van der Waals surface area contributed by atoms with Crippen molar-refractivity contribution in [2.45, 2.75) is 19.8 Å². The second kappa shape index (κ2) is 6.99. The van der Waals surface area contributed by atoms with Gasteiger partial charge in [0, 0.05) is 22.9 Å². The van der Waals surface area contributed by atoms with Gasteiger partial charge >= 0.3 is 5.97 Å². The third-order valence-corrected chi connectivity index (χ3v) is 4.26. The molecule has 0 fully saturated rings. The van der Waals surface area contributed by atoms with E-state index in [4.69, 9.17) is 24.7 Å². The van der Waals surface area contributed by atoms with Gasteiger partial charge in [0.15, 0.2) is 0 Å². The number of esters is 1. The van der Waals surface area contributed by atoms with E-state index in [0.29, 0.717) is 22.9 Å². The number of nitrogens with one attached hydrogen (secondary N) is 1. The fourth-order valence-corrected chi connectivity index (χ4v) is 3.07. The van der Waals surface area contributed by atoms with Crippen LogP contribution in [0.1, 0.15) is 29.7 Å². The number of carbonyl (C=O) groups excluding carboxylic acids is 1. The molecule has 0 saturated heterocycles. The van der Waals surface area contributed by atoms with Gasteiger partial charge in [-0.25, -0.2) is 4.79 Å². The van der Waals surface area contributed by atoms with E-state index in [0.717, 1.165) is 11.3 Å². The zero-order valence-electron chi connectivity index (χ0n) is 15.1. The Hall–Kier alpha value is -3.16. The summed E-state index contributed by atoms with van der Waals surface area (Å²) >= 11 is 0. The van der Waals surface area contributed by atoms with E-state index in [-0.39, 0.29) is 18.1 Å². The quantitative estimate of drug-likeness (QED) is 0.786. The van der Waals surface area contributed by atoms with Crippen LogP contribution in [0.3, 0.4) is 0 Å². The maximum absolute atomic E-state index is 12.6. The largest absolute Gasteiger partial charge is 0.497 e. The van der Waals surface area contributed by atoms with Gasteiger partial charge in [-0.05, 0) is 19.9 Å². The molecule has 0 radical (unpaired) electrons. The lowest BCUT2D eigenvalue weighted by molar-refractivity contribution is -0.139. The Morgan fingerprint density at radius 1 is 1.35 bits per heavy atom. The minimum atomic E-state index is -0.544. The van der Waals surface area contributed by atoms with Crippen LogP contribution in [-0.2, 0) is 9.53 Å². The number of aromatic nitrogens is 2. The van der Waals surface area contributed by atoms with Crippen LogP contribution in [0.25, 0.3) is 0 Å². The standard InChI is InChI=1S/C18H21N3O5/c1-5-25-18(22)15-14(11-7-6-10(23-3)8-12(11)24-4)13-9(2)20-21-17(13)26-16(15)19/h6-8,14H,5,19H2,1-4H3,(H,20,21). The SMILES string of the molecule is CCOC(=O)C1=C(N)Oc2n[nH]c(C)c2C1c1ccc(OC)cc1OC. The van der Waals surface area contributed by atoms with Gasteiger partial charge in [0.05, 0.1) is 26.7 Å². The van der Waals surface area contributed by atoms with E-state index in [1.165, 1.54) is 0 Å². The summed E-state index contributed by atoms with van der Waals surface area (Å²) in [6.07, 6.45) is 0. The lowest BCUT2D eigenvalue weighted by Gasteiger charge is -2.27. The van der Waals surface area contributed by atoms with Crippen molar-refractivity contribution in [3.63, 3.8) is 0 Å². The number of aromatic amines is 1. The predicted molar refractivity (Wildman–Crippen MR) is 93.2 cm³/mol. The number of fused-ring (bicyclic) bond motifs is 1. The monoisotopic (exact) mass is 359 g/mol. The molecule has 1 aromatic carbocycles. The zero-order valence-corrected chi connectivity index (χ0v) is 15.1. The number of H-pyrrole nitrogens is 1. The Labute approximate surface area is 150 Å². The summed E-state index contributed by atoms with van der Waals surface area (Å²) in [4.78, 5) is 12.6. The van der Waals surface area contributed by atoms with E-state index >= 15 is 0 Å². The second-order valence-electron chi connectivity index (χ2n) is 5.71. The Morgan fingerprint density at radius 3 is 2.77 bits per heavy atom. The molecular weight excluding hydrogens is 338 g/mol. The molecule has 8 nitrogen and oxygen atoms in total. The van der Waals surface area contributed by atoms with Crippen molar-refractivity contribution in [2.75, 3.05) is 20.8 Å². The van der Waals surface area contributed by atoms with Crippen molar-refractivity contribution in [3.8, 4) is 17.4 Å². The maximum Gasteiger partial charge on any atom is 0.340 e. The van der Waals surface area contributed by atoms with Gasteiger partial charge in [-0.1, -0.05) is 6.07 Å². The third-order valence-electron chi connectivity index (χ3n) is 4.26. The molecule has 26 heavy (non-hydrogen) atoms. The number of nitrogens with zero attached hydrogens (tertiary/aromatic N) is 1. The predicted octanol–water partition coefficient (Wildman–Crippen LogP) is 1.99. The van der Waals surface area contributed by atoms with Crippen LogP contribution in [-0.4, -0.2) is 37.0 Å². The molecule has 1 aliphatic rings. The summed E-state index contributed by atoms with van der Waals surface area (Å²) in [6, 6.07) is 5.37. The summed E-state index contributed by atoms with van der Waals surface area (Å²) in [5.74, 6) is 0.395. The van der Waals surface area contributed by atoms with Crippen LogP contribution in [0.4, 0.5) is 0 Å². The lowest BCUT2D eigenvalue weighted by Crippen LogP contribution is -2.27. The van der Waals surface area contributed by atoms with Crippen LogP contribution in [0.2, 0.25) is 0 Å². The normalized spacial score (nSPS) is 15.9. The van der Waals surface area contributed by atoms with Gasteiger partial charge in [-0.3, -0.25) is 5.10 Å². The summed E-state index contributed by atoms with van der Waals surface area (Å²) in [6.45, 7) is 3.80. The molecule has 138 valence electrons. The van der Waals surface area contributed by atoms with E-state index in [2.05, 4.69) is 10.2 Å². The first kappa shape index (κ1) is 17.7. The number of methoxy groups -OCH3 is 2. The number of benzene rings is 1. The number of aryl methyl sites for hydroxylation is 1. The summed E-state index contributed by atoms with van der Waals surface area (Å²) in [5.41, 5.74) is 8.47. The molecule has 0 spiro atoms. The number of ether oxygens (including phenoxy) is 4. The van der Waals surface area contributed by atoms with Gasteiger partial charge in [-0.15, -0.1) is 5.10 Å². The Balaban J connectivity index is 2.23. The maximum atomic E-state index is 12.6. The zero-order chi connectivity index (χ0) is 18.8. The fourth-order valence-electron chi connectivity index (χ4n) is 3.07. The van der Waals surface area contributed by atoms with Crippen molar-refractivity contribution in [3.05, 3.63) is 46.5 Å². The molecule has 0 amide bonds. The summed E-state index contributed by atoms with van der Waals surface area (Å²) in [5, 5.41) is 7.01. The fraction of sp³-hybridized carbons (Fsp3) is 0.333. The number of carbonyl (C=O) groups is 1. The second-order valence-corrected chi connectivity index (χ2v) is 5.71. The van der Waals surface area contributed by atoms with E-state index < -0.39 is 11.9 Å².